The van der Waals surface area contributed by atoms with E-state index >= 15 is 0 Å². The maximum Gasteiger partial charge on any atom is 0.253 e. The van der Waals surface area contributed by atoms with Gasteiger partial charge in [-0.1, -0.05) is 25.1 Å². The van der Waals surface area contributed by atoms with Gasteiger partial charge >= 0.3 is 0 Å². The molecule has 4 nitrogen and oxygen atoms in total. The molecule has 0 spiro atoms. The largest absolute Gasteiger partial charge is 0.352 e. The molecule has 0 aliphatic rings. The molecule has 1 amide bonds. The Morgan fingerprint density at radius 3 is 2.88 bits per heavy atom. The Kier molecular flexibility index (Phi) is 3.23. The minimum absolute atomic E-state index is 0.0578. The second-order valence-electron chi connectivity index (χ2n) is 3.84. The number of nitrogens with one attached hydrogen (secondary N) is 2. The number of benzene rings is 1. The quantitative estimate of drug-likeness (QED) is 0.840. The molecule has 0 saturated heterocycles. The summed E-state index contributed by atoms with van der Waals surface area (Å²) in [6.45, 7) is 2.05. The molecule has 0 saturated carbocycles. The number of carbonyl (C=O) groups excluding carboxylic acids is 1. The average molecular weight is 230 g/mol. The van der Waals surface area contributed by atoms with Crippen LogP contribution in [0, 0.1) is 0 Å². The second-order valence-corrected chi connectivity index (χ2v) is 3.84. The predicted octanol–water partition coefficient (Wildman–Crippen LogP) is 1.55. The van der Waals surface area contributed by atoms with Crippen molar-refractivity contribution in [2.45, 2.75) is 19.9 Å². The third kappa shape index (κ3) is 2.53. The monoisotopic (exact) mass is 230 g/mol. The van der Waals surface area contributed by atoms with Crippen LogP contribution >= 0.6 is 0 Å². The van der Waals surface area contributed by atoms with Gasteiger partial charge in [0.05, 0.1) is 0 Å². The van der Waals surface area contributed by atoms with Gasteiger partial charge in [0, 0.05) is 24.0 Å². The van der Waals surface area contributed by atoms with Crippen LogP contribution in [0.5, 0.6) is 0 Å². The molecule has 1 aromatic heterocycles. The number of amides is 1. The first-order valence-corrected chi connectivity index (χ1v) is 5.58. The lowest BCUT2D eigenvalue weighted by Crippen LogP contribution is -2.25. The zero-order valence-electron chi connectivity index (χ0n) is 9.62. The van der Waals surface area contributed by atoms with Gasteiger partial charge in [-0.3, -0.25) is 9.59 Å². The third-order valence-corrected chi connectivity index (χ3v) is 2.63. The Morgan fingerprint density at radius 1 is 1.35 bits per heavy atom. The molecule has 0 unspecified atom stereocenters. The zero-order valence-corrected chi connectivity index (χ0v) is 9.62. The van der Waals surface area contributed by atoms with Crippen molar-refractivity contribution in [3.63, 3.8) is 0 Å². The van der Waals surface area contributed by atoms with E-state index in [2.05, 4.69) is 10.3 Å². The van der Waals surface area contributed by atoms with E-state index in [0.717, 1.165) is 10.9 Å². The molecular formula is C13H14N2O2. The van der Waals surface area contributed by atoms with Crippen LogP contribution in [0.15, 0.2) is 35.1 Å². The average Bonchev–Trinajstić information content (AvgIpc) is 2.35. The molecule has 0 atom stereocenters. The van der Waals surface area contributed by atoms with Gasteiger partial charge in [0.25, 0.3) is 5.56 Å². The number of hydrogen-bond acceptors (Lipinski definition) is 2. The number of rotatable bonds is 3. The Labute approximate surface area is 98.7 Å². The Hall–Kier alpha value is -2.10. The first kappa shape index (κ1) is 11.4. The fraction of sp³-hybridized carbons (Fsp3) is 0.231. The summed E-state index contributed by atoms with van der Waals surface area (Å²) in [6.07, 6.45) is 0.422. The third-order valence-electron chi connectivity index (χ3n) is 2.63. The number of aromatic nitrogens is 1. The molecule has 4 heteroatoms. The summed E-state index contributed by atoms with van der Waals surface area (Å²) in [5.74, 6) is -0.0578. The van der Waals surface area contributed by atoms with Gasteiger partial charge in [0.15, 0.2) is 0 Å². The minimum Gasteiger partial charge on any atom is -0.352 e. The van der Waals surface area contributed by atoms with Crippen LogP contribution in [0.3, 0.4) is 0 Å². The normalized spacial score (nSPS) is 10.4. The van der Waals surface area contributed by atoms with Crippen molar-refractivity contribution >= 4 is 16.8 Å². The summed E-state index contributed by atoms with van der Waals surface area (Å²) in [5, 5.41) is 3.66. The van der Waals surface area contributed by atoms with E-state index in [-0.39, 0.29) is 18.0 Å². The van der Waals surface area contributed by atoms with E-state index in [1.807, 2.05) is 30.3 Å². The standard InChI is InChI=1S/C13H14N2O2/c1-2-12(16)14-8-10-7-9-5-3-4-6-11(9)15-13(10)17/h3-7H,2,8H2,1H3,(H,14,16)(H,15,17). The molecule has 0 aliphatic heterocycles. The number of H-pyrrole nitrogens is 1. The molecular weight excluding hydrogens is 216 g/mol. The molecule has 0 radical (unpaired) electrons. The van der Waals surface area contributed by atoms with Gasteiger partial charge < -0.3 is 10.3 Å². The summed E-state index contributed by atoms with van der Waals surface area (Å²) < 4.78 is 0. The van der Waals surface area contributed by atoms with Crippen molar-refractivity contribution in [1.29, 1.82) is 0 Å². The highest BCUT2D eigenvalue weighted by molar-refractivity contribution is 5.79. The van der Waals surface area contributed by atoms with Crippen LogP contribution in [0.25, 0.3) is 10.9 Å². The van der Waals surface area contributed by atoms with Crippen molar-refractivity contribution in [2.24, 2.45) is 0 Å². The number of carbonyl (C=O) groups is 1. The van der Waals surface area contributed by atoms with E-state index in [1.165, 1.54) is 0 Å². The summed E-state index contributed by atoms with van der Waals surface area (Å²) in [7, 11) is 0. The van der Waals surface area contributed by atoms with E-state index < -0.39 is 0 Å². The SMILES string of the molecule is CCC(=O)NCc1cc2ccccc2[nH]c1=O. The highest BCUT2D eigenvalue weighted by Crippen LogP contribution is 2.09. The summed E-state index contributed by atoms with van der Waals surface area (Å²) in [5.41, 5.74) is 1.23. The van der Waals surface area contributed by atoms with E-state index in [4.69, 9.17) is 0 Å². The molecule has 2 N–H and O–H groups in total. The summed E-state index contributed by atoms with van der Waals surface area (Å²) in [4.78, 5) is 25.7. The molecule has 2 rings (SSSR count). The van der Waals surface area contributed by atoms with Crippen LogP contribution in [0.4, 0.5) is 0 Å². The number of para-hydroxylation sites is 1. The smallest absolute Gasteiger partial charge is 0.253 e. The maximum absolute atomic E-state index is 11.7. The van der Waals surface area contributed by atoms with Crippen LogP contribution in [0.2, 0.25) is 0 Å². The Balaban J connectivity index is 2.31. The fourth-order valence-corrected chi connectivity index (χ4v) is 1.64. The molecule has 0 fully saturated rings. The number of pyridine rings is 1. The van der Waals surface area contributed by atoms with E-state index in [1.54, 1.807) is 6.92 Å². The highest BCUT2D eigenvalue weighted by Gasteiger charge is 2.03. The summed E-state index contributed by atoms with van der Waals surface area (Å²) >= 11 is 0. The topological polar surface area (TPSA) is 62.0 Å². The van der Waals surface area contributed by atoms with Crippen molar-refractivity contribution in [1.82, 2.24) is 10.3 Å². The number of aromatic amines is 1. The van der Waals surface area contributed by atoms with Crippen LogP contribution in [-0.2, 0) is 11.3 Å². The lowest BCUT2D eigenvalue weighted by molar-refractivity contribution is -0.120. The second kappa shape index (κ2) is 4.82. The Morgan fingerprint density at radius 2 is 2.12 bits per heavy atom. The maximum atomic E-state index is 11.7. The van der Waals surface area contributed by atoms with Crippen molar-refractivity contribution in [3.8, 4) is 0 Å². The van der Waals surface area contributed by atoms with Crippen molar-refractivity contribution in [2.75, 3.05) is 0 Å². The van der Waals surface area contributed by atoms with Crippen LogP contribution in [0.1, 0.15) is 18.9 Å². The first-order valence-electron chi connectivity index (χ1n) is 5.58. The molecule has 88 valence electrons. The molecule has 0 aliphatic carbocycles. The number of fused-ring (bicyclic) bond motifs is 1. The molecule has 1 heterocycles. The van der Waals surface area contributed by atoms with E-state index in [9.17, 15) is 9.59 Å². The fourth-order valence-electron chi connectivity index (χ4n) is 1.64. The van der Waals surface area contributed by atoms with Crippen LogP contribution in [-0.4, -0.2) is 10.9 Å². The van der Waals surface area contributed by atoms with E-state index in [0.29, 0.717) is 12.0 Å². The van der Waals surface area contributed by atoms with Gasteiger partial charge in [-0.2, -0.15) is 0 Å². The van der Waals surface area contributed by atoms with Crippen LogP contribution < -0.4 is 10.9 Å². The van der Waals surface area contributed by atoms with Gasteiger partial charge in [-0.25, -0.2) is 0 Å². The lowest BCUT2D eigenvalue weighted by Gasteiger charge is -2.04. The Bertz CT molecular complexity index is 602. The molecule has 2 aromatic rings. The first-order chi connectivity index (χ1) is 8.20. The van der Waals surface area contributed by atoms with Crippen molar-refractivity contribution < 1.29 is 4.79 Å². The van der Waals surface area contributed by atoms with Gasteiger partial charge in [0.2, 0.25) is 5.91 Å². The highest BCUT2D eigenvalue weighted by atomic mass is 16.1. The van der Waals surface area contributed by atoms with Crippen molar-refractivity contribution in [3.05, 3.63) is 46.2 Å². The molecule has 0 bridgehead atoms. The predicted molar refractivity (Wildman–Crippen MR) is 66.7 cm³/mol. The molecule has 17 heavy (non-hydrogen) atoms. The number of hydrogen-bond donors (Lipinski definition) is 2. The lowest BCUT2D eigenvalue weighted by atomic mass is 10.1. The minimum atomic E-state index is -0.153. The molecule has 1 aromatic carbocycles. The summed E-state index contributed by atoms with van der Waals surface area (Å²) in [6, 6.07) is 9.37. The van der Waals surface area contributed by atoms with Gasteiger partial charge in [0.1, 0.15) is 0 Å². The zero-order chi connectivity index (χ0) is 12.3. The van der Waals surface area contributed by atoms with Gasteiger partial charge in [-0.15, -0.1) is 0 Å². The van der Waals surface area contributed by atoms with Gasteiger partial charge in [-0.05, 0) is 17.5 Å².